The first-order valence-electron chi connectivity index (χ1n) is 10.4. The van der Waals surface area contributed by atoms with Crippen LogP contribution in [0.5, 0.6) is 0 Å². The molecule has 0 N–H and O–H groups in total. The van der Waals surface area contributed by atoms with Crippen molar-refractivity contribution in [2.24, 2.45) is 0 Å². The van der Waals surface area contributed by atoms with Gasteiger partial charge in [0.05, 0.1) is 5.52 Å². The molecule has 0 aliphatic carbocycles. The first-order chi connectivity index (χ1) is 13.0. The second-order valence-corrected chi connectivity index (χ2v) is 8.36. The topological polar surface area (TPSA) is 8.17 Å². The fraction of sp³-hybridized carbons (Fsp3) is 0.440. The molecule has 1 aliphatic heterocycles. The van der Waals surface area contributed by atoms with Crippen LogP contribution in [0, 0.1) is 20.8 Å². The fourth-order valence-electron chi connectivity index (χ4n) is 4.92. The Morgan fingerprint density at radius 2 is 1.81 bits per heavy atom. The second kappa shape index (κ2) is 7.16. The summed E-state index contributed by atoms with van der Waals surface area (Å²) in [6.07, 6.45) is 2.25. The molecule has 142 valence electrons. The molecule has 1 atom stereocenters. The maximum Gasteiger partial charge on any atom is 0.0518 e. The maximum absolute atomic E-state index is 2.65. The van der Waals surface area contributed by atoms with E-state index < -0.39 is 0 Å². The van der Waals surface area contributed by atoms with E-state index in [-0.39, 0.29) is 0 Å². The van der Waals surface area contributed by atoms with Crippen LogP contribution in [0.15, 0.2) is 36.4 Å². The molecule has 0 amide bonds. The van der Waals surface area contributed by atoms with Crippen LogP contribution in [-0.4, -0.2) is 22.1 Å². The lowest BCUT2D eigenvalue weighted by Crippen LogP contribution is -2.38. The molecule has 1 aliphatic rings. The molecule has 2 aromatic carbocycles. The van der Waals surface area contributed by atoms with Gasteiger partial charge in [0.1, 0.15) is 0 Å². The Labute approximate surface area is 163 Å². The van der Waals surface area contributed by atoms with E-state index in [0.29, 0.717) is 6.04 Å². The molecule has 1 aromatic heterocycles. The van der Waals surface area contributed by atoms with E-state index >= 15 is 0 Å². The molecular formula is C25H32N2. The normalized spacial score (nSPS) is 17.4. The summed E-state index contributed by atoms with van der Waals surface area (Å²) in [7, 11) is 0. The fourth-order valence-corrected chi connectivity index (χ4v) is 4.92. The largest absolute Gasteiger partial charge is 0.344 e. The van der Waals surface area contributed by atoms with Crippen LogP contribution in [0.25, 0.3) is 10.9 Å². The number of benzene rings is 2. The zero-order chi connectivity index (χ0) is 19.1. The molecule has 0 bridgehead atoms. The monoisotopic (exact) mass is 360 g/mol. The van der Waals surface area contributed by atoms with Gasteiger partial charge in [-0.2, -0.15) is 0 Å². The molecule has 0 saturated carbocycles. The smallest absolute Gasteiger partial charge is 0.0518 e. The summed E-state index contributed by atoms with van der Waals surface area (Å²) in [5, 5.41) is 1.51. The van der Waals surface area contributed by atoms with Crippen LogP contribution >= 0.6 is 0 Å². The lowest BCUT2D eigenvalue weighted by Gasteiger charge is -2.33. The van der Waals surface area contributed by atoms with E-state index in [1.54, 1.807) is 11.3 Å². The summed E-state index contributed by atoms with van der Waals surface area (Å²) in [5.41, 5.74) is 10.2. The van der Waals surface area contributed by atoms with Gasteiger partial charge in [0.2, 0.25) is 0 Å². The van der Waals surface area contributed by atoms with Crippen LogP contribution in [0.2, 0.25) is 0 Å². The minimum Gasteiger partial charge on any atom is -0.344 e. The standard InChI is InChI=1S/C25H32N2/c1-6-26-16-22-23(15-20(26)5)27(13-12-21-9-7-8-17(2)14-21)25-19(4)11-10-18(3)24(22)25/h7-11,14,20H,6,12-13,15-16H2,1-5H3. The van der Waals surface area contributed by atoms with Crippen molar-refractivity contribution in [3.05, 3.63) is 69.9 Å². The summed E-state index contributed by atoms with van der Waals surface area (Å²) >= 11 is 0. The molecule has 3 aromatic rings. The van der Waals surface area contributed by atoms with Gasteiger partial charge in [-0.15, -0.1) is 0 Å². The zero-order valence-corrected chi connectivity index (χ0v) is 17.5. The van der Waals surface area contributed by atoms with Crippen LogP contribution in [0.1, 0.15) is 47.4 Å². The highest BCUT2D eigenvalue weighted by Crippen LogP contribution is 2.36. The highest BCUT2D eigenvalue weighted by Gasteiger charge is 2.28. The van der Waals surface area contributed by atoms with Crippen molar-refractivity contribution in [3.8, 4) is 0 Å². The molecule has 1 unspecified atom stereocenters. The summed E-state index contributed by atoms with van der Waals surface area (Å²) in [6.45, 7) is 14.7. The van der Waals surface area contributed by atoms with Crippen molar-refractivity contribution in [2.45, 2.75) is 66.6 Å². The van der Waals surface area contributed by atoms with E-state index in [1.807, 2.05) is 0 Å². The molecule has 2 heterocycles. The van der Waals surface area contributed by atoms with E-state index in [2.05, 4.69) is 80.5 Å². The Morgan fingerprint density at radius 3 is 2.56 bits per heavy atom. The van der Waals surface area contributed by atoms with Crippen molar-refractivity contribution in [2.75, 3.05) is 6.54 Å². The summed E-state index contributed by atoms with van der Waals surface area (Å²) in [6, 6.07) is 14.2. The van der Waals surface area contributed by atoms with E-state index in [1.165, 1.54) is 33.2 Å². The van der Waals surface area contributed by atoms with Crippen LogP contribution in [0.4, 0.5) is 0 Å². The molecule has 27 heavy (non-hydrogen) atoms. The minimum atomic E-state index is 0.616. The summed E-state index contributed by atoms with van der Waals surface area (Å²) < 4.78 is 2.65. The predicted molar refractivity (Wildman–Crippen MR) is 116 cm³/mol. The average molecular weight is 361 g/mol. The van der Waals surface area contributed by atoms with E-state index in [0.717, 1.165) is 32.5 Å². The zero-order valence-electron chi connectivity index (χ0n) is 17.5. The third-order valence-electron chi connectivity index (χ3n) is 6.42. The Bertz CT molecular complexity index is 980. The highest BCUT2D eigenvalue weighted by molar-refractivity contribution is 5.91. The van der Waals surface area contributed by atoms with E-state index in [9.17, 15) is 0 Å². The van der Waals surface area contributed by atoms with Crippen molar-refractivity contribution in [1.29, 1.82) is 0 Å². The first-order valence-corrected chi connectivity index (χ1v) is 10.4. The van der Waals surface area contributed by atoms with Crippen LogP contribution < -0.4 is 0 Å². The Morgan fingerprint density at radius 1 is 1.04 bits per heavy atom. The molecule has 0 spiro atoms. The summed E-state index contributed by atoms with van der Waals surface area (Å²) in [5.74, 6) is 0. The number of hydrogen-bond donors (Lipinski definition) is 0. The SMILES string of the molecule is CCN1Cc2c(n(CCc3cccc(C)c3)c3c(C)ccc(C)c23)CC1C. The number of likely N-dealkylation sites (N-methyl/N-ethyl adjacent to an activating group) is 1. The quantitative estimate of drug-likeness (QED) is 0.590. The second-order valence-electron chi connectivity index (χ2n) is 8.36. The number of hydrogen-bond acceptors (Lipinski definition) is 1. The third kappa shape index (κ3) is 3.21. The van der Waals surface area contributed by atoms with Gasteiger partial charge in [-0.1, -0.05) is 48.9 Å². The van der Waals surface area contributed by atoms with Gasteiger partial charge in [0.15, 0.2) is 0 Å². The lowest BCUT2D eigenvalue weighted by molar-refractivity contribution is 0.192. The number of aryl methyl sites for hydroxylation is 5. The molecular weight excluding hydrogens is 328 g/mol. The van der Waals surface area contributed by atoms with Gasteiger partial charge in [0.25, 0.3) is 0 Å². The molecule has 0 fully saturated rings. The maximum atomic E-state index is 2.65. The summed E-state index contributed by atoms with van der Waals surface area (Å²) in [4.78, 5) is 2.62. The number of nitrogens with zero attached hydrogens (tertiary/aromatic N) is 2. The van der Waals surface area contributed by atoms with Crippen LogP contribution in [0.3, 0.4) is 0 Å². The molecule has 0 saturated heterocycles. The Kier molecular flexibility index (Phi) is 4.86. The van der Waals surface area contributed by atoms with Gasteiger partial charge in [0, 0.05) is 36.6 Å². The number of rotatable bonds is 4. The Balaban J connectivity index is 1.82. The van der Waals surface area contributed by atoms with Crippen LogP contribution in [-0.2, 0) is 25.9 Å². The highest BCUT2D eigenvalue weighted by atomic mass is 15.2. The number of fused-ring (bicyclic) bond motifs is 3. The van der Waals surface area contributed by atoms with Crippen molar-refractivity contribution < 1.29 is 0 Å². The van der Waals surface area contributed by atoms with Gasteiger partial charge >= 0.3 is 0 Å². The molecule has 2 heteroatoms. The minimum absolute atomic E-state index is 0.616. The van der Waals surface area contributed by atoms with Gasteiger partial charge in [-0.05, 0) is 62.9 Å². The molecule has 4 rings (SSSR count). The lowest BCUT2D eigenvalue weighted by atomic mass is 9.97. The van der Waals surface area contributed by atoms with Gasteiger partial charge < -0.3 is 4.57 Å². The predicted octanol–water partition coefficient (Wildman–Crippen LogP) is 5.58. The first kappa shape index (κ1) is 18.3. The van der Waals surface area contributed by atoms with Crippen molar-refractivity contribution in [1.82, 2.24) is 9.47 Å². The van der Waals surface area contributed by atoms with Gasteiger partial charge in [-0.3, -0.25) is 4.90 Å². The molecule has 2 nitrogen and oxygen atoms in total. The van der Waals surface area contributed by atoms with Crippen molar-refractivity contribution >= 4 is 10.9 Å². The molecule has 0 radical (unpaired) electrons. The van der Waals surface area contributed by atoms with E-state index in [4.69, 9.17) is 0 Å². The third-order valence-corrected chi connectivity index (χ3v) is 6.42. The van der Waals surface area contributed by atoms with Crippen molar-refractivity contribution in [3.63, 3.8) is 0 Å². The number of aromatic nitrogens is 1. The average Bonchev–Trinajstić information content (AvgIpc) is 2.97. The Hall–Kier alpha value is -2.06. The van der Waals surface area contributed by atoms with Gasteiger partial charge in [-0.25, -0.2) is 0 Å².